The molecule has 148 valence electrons. The molecule has 0 unspecified atom stereocenters. The molecule has 2 aromatic carbocycles. The molecule has 7 heteroatoms. The van der Waals surface area contributed by atoms with Crippen LogP contribution in [-0.4, -0.2) is 16.1 Å². The van der Waals surface area contributed by atoms with Crippen molar-refractivity contribution in [1.82, 2.24) is 4.98 Å². The van der Waals surface area contributed by atoms with Crippen molar-refractivity contribution in [3.63, 3.8) is 0 Å². The Kier molecular flexibility index (Phi) is 5.69. The number of rotatable bonds is 6. The predicted octanol–water partition coefficient (Wildman–Crippen LogP) is 6.38. The van der Waals surface area contributed by atoms with Crippen molar-refractivity contribution in [3.8, 4) is 0 Å². The molecule has 0 atom stereocenters. The third-order valence-corrected chi connectivity index (χ3v) is 6.26. The maximum atomic E-state index is 14.1. The number of anilines is 1. The van der Waals surface area contributed by atoms with E-state index in [2.05, 4.69) is 18.8 Å². The van der Waals surface area contributed by atoms with Crippen molar-refractivity contribution in [2.75, 3.05) is 4.90 Å². The Bertz CT molecular complexity index is 1120. The summed E-state index contributed by atoms with van der Waals surface area (Å²) in [4.78, 5) is 20.4. The van der Waals surface area contributed by atoms with E-state index in [1.54, 1.807) is 42.3 Å². The minimum atomic E-state index is -0.398. The van der Waals surface area contributed by atoms with Crippen molar-refractivity contribution in [2.45, 2.75) is 30.5 Å². The lowest BCUT2D eigenvalue weighted by Crippen LogP contribution is -2.30. The zero-order valence-corrected chi connectivity index (χ0v) is 17.6. The van der Waals surface area contributed by atoms with Gasteiger partial charge in [0.15, 0.2) is 5.13 Å². The van der Waals surface area contributed by atoms with Gasteiger partial charge in [-0.2, -0.15) is 0 Å². The zero-order chi connectivity index (χ0) is 20.4. The normalized spacial score (nSPS) is 11.3. The third kappa shape index (κ3) is 4.36. The summed E-state index contributed by atoms with van der Waals surface area (Å²) >= 11 is 3.02. The Morgan fingerprint density at radius 1 is 1.17 bits per heavy atom. The second-order valence-corrected chi connectivity index (χ2v) is 9.40. The second kappa shape index (κ2) is 8.39. The summed E-state index contributed by atoms with van der Waals surface area (Å²) in [5, 5.41) is 0.900. The topological polar surface area (TPSA) is 46.3 Å². The zero-order valence-electron chi connectivity index (χ0n) is 16.0. The van der Waals surface area contributed by atoms with Gasteiger partial charge in [0.1, 0.15) is 17.1 Å². The number of nitrogens with zero attached hydrogens (tertiary/aromatic N) is 2. The van der Waals surface area contributed by atoms with Crippen LogP contribution in [0, 0.1) is 5.82 Å². The number of fused-ring (bicyclic) bond motifs is 1. The minimum Gasteiger partial charge on any atom is -0.467 e. The molecule has 0 saturated heterocycles. The van der Waals surface area contributed by atoms with Crippen molar-refractivity contribution in [2.24, 2.45) is 0 Å². The molecule has 0 saturated carbocycles. The van der Waals surface area contributed by atoms with E-state index in [-0.39, 0.29) is 18.0 Å². The van der Waals surface area contributed by atoms with E-state index in [9.17, 15) is 9.18 Å². The number of halogens is 1. The molecule has 0 aliphatic rings. The monoisotopic (exact) mass is 426 g/mol. The van der Waals surface area contributed by atoms with E-state index >= 15 is 0 Å². The van der Waals surface area contributed by atoms with Crippen LogP contribution in [-0.2, 0) is 6.54 Å². The summed E-state index contributed by atoms with van der Waals surface area (Å²) in [5.41, 5.74) is 0.817. The molecule has 0 aliphatic carbocycles. The van der Waals surface area contributed by atoms with Gasteiger partial charge in [-0.3, -0.25) is 9.69 Å². The molecule has 4 rings (SSSR count). The largest absolute Gasteiger partial charge is 0.467 e. The van der Waals surface area contributed by atoms with Crippen molar-refractivity contribution in [3.05, 3.63) is 78.0 Å². The van der Waals surface area contributed by atoms with Crippen LogP contribution in [0.15, 0.2) is 70.2 Å². The Labute approximate surface area is 176 Å². The predicted molar refractivity (Wildman–Crippen MR) is 116 cm³/mol. The molecule has 0 radical (unpaired) electrons. The fraction of sp³-hybridized carbons (Fsp3) is 0.182. The van der Waals surface area contributed by atoms with Gasteiger partial charge in [-0.25, -0.2) is 9.37 Å². The van der Waals surface area contributed by atoms with Crippen molar-refractivity contribution >= 4 is 44.4 Å². The molecule has 29 heavy (non-hydrogen) atoms. The fourth-order valence-corrected chi connectivity index (χ4v) is 4.72. The highest BCUT2D eigenvalue weighted by molar-refractivity contribution is 7.99. The first-order valence-electron chi connectivity index (χ1n) is 9.17. The Morgan fingerprint density at radius 3 is 2.62 bits per heavy atom. The third-order valence-electron chi connectivity index (χ3n) is 4.20. The van der Waals surface area contributed by atoms with E-state index in [1.807, 2.05) is 24.3 Å². The molecule has 1 amide bonds. The van der Waals surface area contributed by atoms with Crippen LogP contribution in [0.5, 0.6) is 0 Å². The minimum absolute atomic E-state index is 0.207. The summed E-state index contributed by atoms with van der Waals surface area (Å²) in [6, 6.07) is 15.9. The van der Waals surface area contributed by atoms with Crippen LogP contribution in [0.1, 0.15) is 30.0 Å². The molecule has 0 N–H and O–H groups in total. The van der Waals surface area contributed by atoms with Crippen LogP contribution < -0.4 is 4.90 Å². The molecule has 4 aromatic rings. The first kappa shape index (κ1) is 19.7. The Morgan fingerprint density at radius 2 is 1.97 bits per heavy atom. The number of amides is 1. The summed E-state index contributed by atoms with van der Waals surface area (Å²) in [6.45, 7) is 4.47. The van der Waals surface area contributed by atoms with Gasteiger partial charge >= 0.3 is 0 Å². The van der Waals surface area contributed by atoms with Gasteiger partial charge in [-0.05, 0) is 48.5 Å². The number of para-hydroxylation sites is 1. The van der Waals surface area contributed by atoms with Crippen LogP contribution in [0.4, 0.5) is 9.52 Å². The SMILES string of the molecule is CC(C)Sc1ccc(C(=O)N(Cc2ccco2)c2nc3c(F)cccc3s2)cc1. The van der Waals surface area contributed by atoms with Gasteiger partial charge in [0.2, 0.25) is 0 Å². The van der Waals surface area contributed by atoms with Crippen LogP contribution >= 0.6 is 23.1 Å². The Hall–Kier alpha value is -2.64. The van der Waals surface area contributed by atoms with Crippen molar-refractivity contribution in [1.29, 1.82) is 0 Å². The summed E-state index contributed by atoms with van der Waals surface area (Å²) in [6.07, 6.45) is 1.56. The quantitative estimate of drug-likeness (QED) is 0.336. The van der Waals surface area contributed by atoms with Crippen molar-refractivity contribution < 1.29 is 13.6 Å². The number of thiazole rings is 1. The maximum Gasteiger partial charge on any atom is 0.260 e. The van der Waals surface area contributed by atoms with E-state index in [4.69, 9.17) is 4.42 Å². The van der Waals surface area contributed by atoms with E-state index in [0.29, 0.717) is 26.4 Å². The lowest BCUT2D eigenvalue weighted by Gasteiger charge is -2.19. The molecule has 4 nitrogen and oxygen atoms in total. The number of benzene rings is 2. The standard InChI is InChI=1S/C22H19FN2O2S2/c1-14(2)28-17-10-8-15(9-11-17)21(26)25(13-16-5-4-12-27-16)22-24-20-18(23)6-3-7-19(20)29-22/h3-12,14H,13H2,1-2H3. The van der Waals surface area contributed by atoms with Gasteiger partial charge in [0, 0.05) is 15.7 Å². The lowest BCUT2D eigenvalue weighted by molar-refractivity contribution is 0.0983. The number of hydrogen-bond donors (Lipinski definition) is 0. The smallest absolute Gasteiger partial charge is 0.260 e. The first-order valence-corrected chi connectivity index (χ1v) is 10.9. The maximum absolute atomic E-state index is 14.1. The molecule has 0 spiro atoms. The molecule has 0 bridgehead atoms. The number of carbonyl (C=O) groups is 1. The van der Waals surface area contributed by atoms with E-state index < -0.39 is 5.82 Å². The van der Waals surface area contributed by atoms with Crippen LogP contribution in [0.25, 0.3) is 10.2 Å². The number of carbonyl (C=O) groups excluding carboxylic acids is 1. The number of hydrogen-bond acceptors (Lipinski definition) is 5. The summed E-state index contributed by atoms with van der Waals surface area (Å²) < 4.78 is 20.3. The van der Waals surface area contributed by atoms with Crippen LogP contribution in [0.2, 0.25) is 0 Å². The average molecular weight is 427 g/mol. The highest BCUT2D eigenvalue weighted by Crippen LogP contribution is 2.32. The number of aromatic nitrogens is 1. The molecule has 2 aromatic heterocycles. The highest BCUT2D eigenvalue weighted by atomic mass is 32.2. The number of thioether (sulfide) groups is 1. The molecule has 2 heterocycles. The van der Waals surface area contributed by atoms with Gasteiger partial charge in [-0.1, -0.05) is 31.3 Å². The molecular weight excluding hydrogens is 407 g/mol. The van der Waals surface area contributed by atoms with Gasteiger partial charge in [-0.15, -0.1) is 11.8 Å². The highest BCUT2D eigenvalue weighted by Gasteiger charge is 2.23. The van der Waals surface area contributed by atoms with E-state index in [0.717, 1.165) is 4.90 Å². The fourth-order valence-electron chi connectivity index (χ4n) is 2.91. The molecule has 0 fully saturated rings. The lowest BCUT2D eigenvalue weighted by atomic mass is 10.2. The Balaban J connectivity index is 1.69. The molecular formula is C22H19FN2O2S2. The molecule has 0 aliphatic heterocycles. The summed E-state index contributed by atoms with van der Waals surface area (Å²) in [7, 11) is 0. The van der Waals surface area contributed by atoms with Crippen LogP contribution in [0.3, 0.4) is 0 Å². The van der Waals surface area contributed by atoms with Gasteiger partial charge in [0.25, 0.3) is 5.91 Å². The van der Waals surface area contributed by atoms with E-state index in [1.165, 1.54) is 22.3 Å². The second-order valence-electron chi connectivity index (χ2n) is 6.74. The average Bonchev–Trinajstić information content (AvgIpc) is 3.36. The first-order chi connectivity index (χ1) is 14.0. The number of furan rings is 1. The summed E-state index contributed by atoms with van der Waals surface area (Å²) in [5.74, 6) is 0.0254. The van der Waals surface area contributed by atoms with Gasteiger partial charge in [0.05, 0.1) is 17.5 Å². The van der Waals surface area contributed by atoms with Gasteiger partial charge < -0.3 is 4.42 Å².